The molecule has 0 amide bonds. The molecule has 2 heterocycles. The SMILES string of the molecule is c1ccc(-c2cc(-n3c4ccccc4c4c5ccccc5c5ccc6ccccc6c5c43)cc(-c3ccccc3)n2)cc1. The van der Waals surface area contributed by atoms with E-state index >= 15 is 0 Å². The van der Waals surface area contributed by atoms with Crippen LogP contribution in [-0.4, -0.2) is 9.55 Å². The lowest BCUT2D eigenvalue weighted by Crippen LogP contribution is -1.99. The van der Waals surface area contributed by atoms with E-state index in [0.29, 0.717) is 0 Å². The Hall–Kier alpha value is -5.73. The highest BCUT2D eigenvalue weighted by atomic mass is 15.0. The van der Waals surface area contributed by atoms with Crippen LogP contribution in [0, 0.1) is 0 Å². The van der Waals surface area contributed by atoms with E-state index in [2.05, 4.69) is 162 Å². The second kappa shape index (κ2) is 9.40. The Balaban J connectivity index is 1.52. The van der Waals surface area contributed by atoms with E-state index in [-0.39, 0.29) is 0 Å². The van der Waals surface area contributed by atoms with Crippen molar-refractivity contribution in [2.45, 2.75) is 0 Å². The molecule has 0 aliphatic heterocycles. The monoisotopic (exact) mass is 546 g/mol. The Labute approximate surface area is 249 Å². The number of aromatic nitrogens is 2. The molecule has 9 aromatic rings. The predicted octanol–water partition coefficient (Wildman–Crippen LogP) is 11.0. The van der Waals surface area contributed by atoms with Crippen molar-refractivity contribution in [3.63, 3.8) is 0 Å². The van der Waals surface area contributed by atoms with Gasteiger partial charge in [-0.05, 0) is 45.1 Å². The molecule has 43 heavy (non-hydrogen) atoms. The molecule has 200 valence electrons. The Morgan fingerprint density at radius 1 is 0.395 bits per heavy atom. The topological polar surface area (TPSA) is 17.8 Å². The quantitative estimate of drug-likeness (QED) is 0.202. The zero-order valence-corrected chi connectivity index (χ0v) is 23.4. The summed E-state index contributed by atoms with van der Waals surface area (Å²) in [6.45, 7) is 0. The van der Waals surface area contributed by atoms with E-state index < -0.39 is 0 Å². The van der Waals surface area contributed by atoms with E-state index in [0.717, 1.165) is 28.2 Å². The minimum atomic E-state index is 0.956. The predicted molar refractivity (Wildman–Crippen MR) is 182 cm³/mol. The molecule has 7 aromatic carbocycles. The summed E-state index contributed by atoms with van der Waals surface area (Å²) < 4.78 is 2.48. The van der Waals surface area contributed by atoms with Crippen LogP contribution < -0.4 is 0 Å². The van der Waals surface area contributed by atoms with Gasteiger partial charge in [-0.25, -0.2) is 4.98 Å². The lowest BCUT2D eigenvalue weighted by atomic mass is 9.93. The van der Waals surface area contributed by atoms with Gasteiger partial charge in [-0.2, -0.15) is 0 Å². The molecule has 0 aliphatic rings. The number of para-hydroxylation sites is 1. The van der Waals surface area contributed by atoms with Gasteiger partial charge in [-0.3, -0.25) is 0 Å². The zero-order valence-electron chi connectivity index (χ0n) is 23.4. The minimum absolute atomic E-state index is 0.956. The zero-order chi connectivity index (χ0) is 28.3. The van der Waals surface area contributed by atoms with Gasteiger partial charge in [0, 0.05) is 27.3 Å². The van der Waals surface area contributed by atoms with Crippen molar-refractivity contribution in [3.05, 3.63) is 158 Å². The summed E-state index contributed by atoms with van der Waals surface area (Å²) in [5.74, 6) is 0. The van der Waals surface area contributed by atoms with Crippen molar-refractivity contribution in [2.24, 2.45) is 0 Å². The number of fused-ring (bicyclic) bond motifs is 10. The van der Waals surface area contributed by atoms with Crippen LogP contribution in [0.5, 0.6) is 0 Å². The second-order valence-electron chi connectivity index (χ2n) is 11.2. The summed E-state index contributed by atoms with van der Waals surface area (Å²) >= 11 is 0. The van der Waals surface area contributed by atoms with E-state index in [1.54, 1.807) is 0 Å². The Morgan fingerprint density at radius 3 is 1.60 bits per heavy atom. The van der Waals surface area contributed by atoms with Crippen LogP contribution in [0.2, 0.25) is 0 Å². The Kier molecular flexibility index (Phi) is 5.23. The van der Waals surface area contributed by atoms with Gasteiger partial charge >= 0.3 is 0 Å². The number of pyridine rings is 1. The third kappa shape index (κ3) is 3.63. The lowest BCUT2D eigenvalue weighted by molar-refractivity contribution is 1.16. The maximum absolute atomic E-state index is 5.19. The Bertz CT molecular complexity index is 2430. The molecule has 2 aromatic heterocycles. The molecular formula is C41H26N2. The van der Waals surface area contributed by atoms with Crippen LogP contribution in [0.1, 0.15) is 0 Å². The molecule has 0 N–H and O–H groups in total. The van der Waals surface area contributed by atoms with E-state index in [4.69, 9.17) is 4.98 Å². The van der Waals surface area contributed by atoms with Crippen LogP contribution in [0.4, 0.5) is 0 Å². The lowest BCUT2D eigenvalue weighted by Gasteiger charge is -2.16. The van der Waals surface area contributed by atoms with Crippen LogP contribution in [0.3, 0.4) is 0 Å². The van der Waals surface area contributed by atoms with Crippen LogP contribution in [0.15, 0.2) is 158 Å². The van der Waals surface area contributed by atoms with Gasteiger partial charge in [-0.15, -0.1) is 0 Å². The number of rotatable bonds is 3. The molecule has 0 unspecified atom stereocenters. The first-order valence-corrected chi connectivity index (χ1v) is 14.7. The van der Waals surface area contributed by atoms with Crippen LogP contribution in [-0.2, 0) is 0 Å². The second-order valence-corrected chi connectivity index (χ2v) is 11.2. The van der Waals surface area contributed by atoms with E-state index in [1.165, 1.54) is 54.1 Å². The minimum Gasteiger partial charge on any atom is -0.308 e. The normalized spacial score (nSPS) is 11.7. The first kappa shape index (κ1) is 23.9. The maximum atomic E-state index is 5.19. The van der Waals surface area contributed by atoms with E-state index in [9.17, 15) is 0 Å². The fourth-order valence-electron chi connectivity index (χ4n) is 6.86. The van der Waals surface area contributed by atoms with Crippen molar-refractivity contribution in [1.29, 1.82) is 0 Å². The molecule has 9 rings (SSSR count). The molecule has 0 atom stereocenters. The summed E-state index contributed by atoms with van der Waals surface area (Å²) in [7, 11) is 0. The third-order valence-electron chi connectivity index (χ3n) is 8.73. The van der Waals surface area contributed by atoms with Gasteiger partial charge in [0.2, 0.25) is 0 Å². The summed E-state index contributed by atoms with van der Waals surface area (Å²) in [5.41, 5.74) is 7.63. The summed E-state index contributed by atoms with van der Waals surface area (Å²) in [4.78, 5) is 5.19. The van der Waals surface area contributed by atoms with Crippen molar-refractivity contribution >= 4 is 54.1 Å². The number of hydrogen-bond donors (Lipinski definition) is 0. The molecule has 0 aliphatic carbocycles. The number of benzene rings is 7. The molecule has 0 saturated heterocycles. The molecule has 0 saturated carbocycles. The smallest absolute Gasteiger partial charge is 0.0730 e. The molecule has 2 nitrogen and oxygen atoms in total. The van der Waals surface area contributed by atoms with E-state index in [1.807, 2.05) is 0 Å². The average molecular weight is 547 g/mol. The molecule has 0 bridgehead atoms. The van der Waals surface area contributed by atoms with Gasteiger partial charge in [0.25, 0.3) is 0 Å². The van der Waals surface area contributed by atoms with Gasteiger partial charge < -0.3 is 4.57 Å². The average Bonchev–Trinajstić information content (AvgIpc) is 3.44. The summed E-state index contributed by atoms with van der Waals surface area (Å²) in [6.07, 6.45) is 0. The highest BCUT2D eigenvalue weighted by Crippen LogP contribution is 2.45. The van der Waals surface area contributed by atoms with Gasteiger partial charge in [0.1, 0.15) is 0 Å². The van der Waals surface area contributed by atoms with Crippen LogP contribution in [0.25, 0.3) is 82.3 Å². The van der Waals surface area contributed by atoms with Gasteiger partial charge in [-0.1, -0.05) is 140 Å². The first-order chi connectivity index (χ1) is 21.3. The van der Waals surface area contributed by atoms with Gasteiger partial charge in [0.15, 0.2) is 0 Å². The fraction of sp³-hybridized carbons (Fsp3) is 0. The van der Waals surface area contributed by atoms with Crippen LogP contribution >= 0.6 is 0 Å². The standard InChI is InChI=1S/C41H26N2/c1-3-14-28(15-4-1)36-25-30(26-37(42-36)29-16-5-2-6-17-29)43-38-22-12-11-21-35(38)40-33-20-10-9-19-32(33)34-24-23-27-13-7-8-18-31(27)39(34)41(40)43/h1-26H. The maximum Gasteiger partial charge on any atom is 0.0730 e. The highest BCUT2D eigenvalue weighted by Gasteiger charge is 2.21. The highest BCUT2D eigenvalue weighted by molar-refractivity contribution is 6.36. The van der Waals surface area contributed by atoms with Crippen molar-refractivity contribution in [1.82, 2.24) is 9.55 Å². The number of nitrogens with zero attached hydrogens (tertiary/aromatic N) is 2. The largest absolute Gasteiger partial charge is 0.308 e. The molecule has 0 fully saturated rings. The summed E-state index contributed by atoms with van der Waals surface area (Å²) in [5, 5.41) is 10.2. The fourth-order valence-corrected chi connectivity index (χ4v) is 6.86. The van der Waals surface area contributed by atoms with Crippen molar-refractivity contribution in [2.75, 3.05) is 0 Å². The summed E-state index contributed by atoms with van der Waals surface area (Å²) in [6, 6.07) is 56.5. The van der Waals surface area contributed by atoms with Crippen molar-refractivity contribution in [3.8, 4) is 28.2 Å². The molecular weight excluding hydrogens is 520 g/mol. The third-order valence-corrected chi connectivity index (χ3v) is 8.73. The molecule has 0 radical (unpaired) electrons. The van der Waals surface area contributed by atoms with Gasteiger partial charge in [0.05, 0.1) is 28.1 Å². The molecule has 0 spiro atoms. The first-order valence-electron chi connectivity index (χ1n) is 14.7. The molecule has 2 heteroatoms. The number of hydrogen-bond acceptors (Lipinski definition) is 1. The van der Waals surface area contributed by atoms with Crippen molar-refractivity contribution < 1.29 is 0 Å². The Morgan fingerprint density at radius 2 is 0.907 bits per heavy atom.